The first-order chi connectivity index (χ1) is 12.6. The van der Waals surface area contributed by atoms with Gasteiger partial charge >= 0.3 is 6.03 Å². The Hall–Kier alpha value is -2.28. The van der Waals surface area contributed by atoms with Crippen LogP contribution in [0.5, 0.6) is 5.75 Å². The number of piperazine rings is 1. The minimum atomic E-state index is -0.147. The van der Waals surface area contributed by atoms with Gasteiger partial charge < -0.3 is 24.8 Å². The van der Waals surface area contributed by atoms with Crippen LogP contribution in [0.1, 0.15) is 20.3 Å². The maximum absolute atomic E-state index is 12.5. The molecule has 2 fully saturated rings. The van der Waals surface area contributed by atoms with Gasteiger partial charge in [-0.15, -0.1) is 0 Å². The average Bonchev–Trinajstić information content (AvgIpc) is 3.03. The van der Waals surface area contributed by atoms with Crippen LogP contribution in [-0.2, 0) is 4.79 Å². The third-order valence-corrected chi connectivity index (χ3v) is 5.02. The molecule has 0 radical (unpaired) electrons. The summed E-state index contributed by atoms with van der Waals surface area (Å²) < 4.78 is 5.44. The third-order valence-electron chi connectivity index (χ3n) is 5.02. The number of carbonyl (C=O) groups excluding carboxylic acids is 2. The van der Waals surface area contributed by atoms with E-state index in [4.69, 9.17) is 4.74 Å². The lowest BCUT2D eigenvalue weighted by molar-refractivity contribution is -0.117. The number of benzene rings is 1. The van der Waals surface area contributed by atoms with Crippen molar-refractivity contribution in [2.24, 2.45) is 0 Å². The van der Waals surface area contributed by atoms with Gasteiger partial charge in [-0.1, -0.05) is 6.92 Å². The highest BCUT2D eigenvalue weighted by atomic mass is 16.5. The van der Waals surface area contributed by atoms with Gasteiger partial charge in [0.1, 0.15) is 5.75 Å². The van der Waals surface area contributed by atoms with Crippen LogP contribution in [0.2, 0.25) is 0 Å². The molecule has 2 aliphatic heterocycles. The Kier molecular flexibility index (Phi) is 5.98. The Morgan fingerprint density at radius 1 is 1.15 bits per heavy atom. The summed E-state index contributed by atoms with van der Waals surface area (Å²) in [6.45, 7) is 9.51. The number of nitrogens with one attached hydrogen (secondary N) is 1. The van der Waals surface area contributed by atoms with Gasteiger partial charge in [0.15, 0.2) is 0 Å². The third kappa shape index (κ3) is 4.27. The second kappa shape index (κ2) is 8.40. The molecule has 7 nitrogen and oxygen atoms in total. The Balaban J connectivity index is 1.53. The van der Waals surface area contributed by atoms with Crippen molar-refractivity contribution in [2.75, 3.05) is 50.8 Å². The number of rotatable bonds is 5. The highest BCUT2D eigenvalue weighted by Gasteiger charge is 2.33. The van der Waals surface area contributed by atoms with Gasteiger partial charge in [0.05, 0.1) is 12.6 Å². The van der Waals surface area contributed by atoms with Gasteiger partial charge in [0, 0.05) is 44.8 Å². The Bertz CT molecular complexity index is 626. The van der Waals surface area contributed by atoms with Gasteiger partial charge in [0.2, 0.25) is 5.91 Å². The zero-order valence-electron chi connectivity index (χ0n) is 15.6. The normalized spacial score (nSPS) is 21.2. The maximum atomic E-state index is 12.5. The van der Waals surface area contributed by atoms with E-state index in [1.165, 1.54) is 0 Å². The molecule has 0 aliphatic carbocycles. The SMILES string of the molecule is CCOc1ccc(N2C[C@@H](NC(=O)N3CCN(CC)CC3)CC2=O)cc1. The summed E-state index contributed by atoms with van der Waals surface area (Å²) in [5.41, 5.74) is 0.840. The molecule has 1 atom stereocenters. The van der Waals surface area contributed by atoms with E-state index in [0.717, 1.165) is 44.2 Å². The topological polar surface area (TPSA) is 65.1 Å². The summed E-state index contributed by atoms with van der Waals surface area (Å²) in [6.07, 6.45) is 0.341. The molecular formula is C19H28N4O3. The van der Waals surface area contributed by atoms with Crippen LogP contribution in [0.4, 0.5) is 10.5 Å². The van der Waals surface area contributed by atoms with E-state index in [1.807, 2.05) is 36.1 Å². The quantitative estimate of drug-likeness (QED) is 0.865. The number of hydrogen-bond acceptors (Lipinski definition) is 4. The van der Waals surface area contributed by atoms with E-state index in [9.17, 15) is 9.59 Å². The number of likely N-dealkylation sites (N-methyl/N-ethyl adjacent to an activating group) is 1. The first-order valence-corrected chi connectivity index (χ1v) is 9.41. The van der Waals surface area contributed by atoms with Crippen molar-refractivity contribution in [3.8, 4) is 5.75 Å². The molecule has 0 bridgehead atoms. The molecule has 0 spiro atoms. The van der Waals surface area contributed by atoms with Crippen LogP contribution < -0.4 is 15.0 Å². The van der Waals surface area contributed by atoms with Gasteiger partial charge in [0.25, 0.3) is 0 Å². The minimum Gasteiger partial charge on any atom is -0.494 e. The Labute approximate surface area is 154 Å². The van der Waals surface area contributed by atoms with Crippen molar-refractivity contribution < 1.29 is 14.3 Å². The van der Waals surface area contributed by atoms with Gasteiger partial charge in [-0.2, -0.15) is 0 Å². The lowest BCUT2D eigenvalue weighted by Crippen LogP contribution is -2.53. The van der Waals surface area contributed by atoms with Crippen molar-refractivity contribution in [1.29, 1.82) is 0 Å². The zero-order chi connectivity index (χ0) is 18.5. The van der Waals surface area contributed by atoms with Crippen molar-refractivity contribution in [3.05, 3.63) is 24.3 Å². The molecule has 3 amide bonds. The van der Waals surface area contributed by atoms with Crippen LogP contribution in [0.3, 0.4) is 0 Å². The number of ether oxygens (including phenoxy) is 1. The van der Waals surface area contributed by atoms with Crippen LogP contribution >= 0.6 is 0 Å². The molecule has 1 N–H and O–H groups in total. The molecular weight excluding hydrogens is 332 g/mol. The molecule has 2 heterocycles. The van der Waals surface area contributed by atoms with Crippen molar-refractivity contribution in [1.82, 2.24) is 15.1 Å². The monoisotopic (exact) mass is 360 g/mol. The van der Waals surface area contributed by atoms with Crippen molar-refractivity contribution in [3.63, 3.8) is 0 Å². The van der Waals surface area contributed by atoms with Crippen LogP contribution in [0.25, 0.3) is 0 Å². The van der Waals surface area contributed by atoms with Crippen molar-refractivity contribution >= 4 is 17.6 Å². The summed E-state index contributed by atoms with van der Waals surface area (Å²) in [6, 6.07) is 7.29. The fourth-order valence-corrected chi connectivity index (χ4v) is 3.48. The van der Waals surface area contributed by atoms with E-state index in [-0.39, 0.29) is 18.0 Å². The largest absolute Gasteiger partial charge is 0.494 e. The molecule has 2 saturated heterocycles. The minimum absolute atomic E-state index is 0.0373. The lowest BCUT2D eigenvalue weighted by atomic mass is 10.2. The molecule has 0 saturated carbocycles. The maximum Gasteiger partial charge on any atom is 0.317 e. The number of urea groups is 1. The number of amides is 3. The highest BCUT2D eigenvalue weighted by Crippen LogP contribution is 2.24. The lowest BCUT2D eigenvalue weighted by Gasteiger charge is -2.34. The average molecular weight is 360 g/mol. The molecule has 142 valence electrons. The van der Waals surface area contributed by atoms with E-state index in [1.54, 1.807) is 4.90 Å². The number of anilines is 1. The predicted octanol–water partition coefficient (Wildman–Crippen LogP) is 1.54. The van der Waals surface area contributed by atoms with Crippen molar-refractivity contribution in [2.45, 2.75) is 26.3 Å². The summed E-state index contributed by atoms with van der Waals surface area (Å²) >= 11 is 0. The number of nitrogens with zero attached hydrogens (tertiary/aromatic N) is 3. The molecule has 26 heavy (non-hydrogen) atoms. The number of carbonyl (C=O) groups is 2. The molecule has 3 rings (SSSR count). The van der Waals surface area contributed by atoms with Crippen LogP contribution in [-0.4, -0.2) is 73.7 Å². The highest BCUT2D eigenvalue weighted by molar-refractivity contribution is 5.96. The summed E-state index contributed by atoms with van der Waals surface area (Å²) in [5.74, 6) is 0.828. The summed E-state index contributed by atoms with van der Waals surface area (Å²) in [7, 11) is 0. The summed E-state index contributed by atoms with van der Waals surface area (Å²) in [4.78, 5) is 30.7. The van der Waals surface area contributed by atoms with Gasteiger partial charge in [-0.25, -0.2) is 4.79 Å². The fourth-order valence-electron chi connectivity index (χ4n) is 3.48. The fraction of sp³-hybridized carbons (Fsp3) is 0.579. The van der Waals surface area contributed by atoms with E-state index >= 15 is 0 Å². The molecule has 2 aliphatic rings. The van der Waals surface area contributed by atoms with E-state index in [0.29, 0.717) is 19.6 Å². The Morgan fingerprint density at radius 3 is 2.46 bits per heavy atom. The molecule has 7 heteroatoms. The van der Waals surface area contributed by atoms with Crippen LogP contribution in [0.15, 0.2) is 24.3 Å². The standard InChI is InChI=1S/C19H28N4O3/c1-3-21-9-11-22(12-10-21)19(25)20-15-13-18(24)23(14-15)16-5-7-17(8-6-16)26-4-2/h5-8,15H,3-4,9-14H2,1-2H3,(H,20,25)/t15-/m0/s1. The zero-order valence-corrected chi connectivity index (χ0v) is 15.6. The van der Waals surface area contributed by atoms with Crippen LogP contribution in [0, 0.1) is 0 Å². The second-order valence-corrected chi connectivity index (χ2v) is 6.70. The van der Waals surface area contributed by atoms with E-state index in [2.05, 4.69) is 17.1 Å². The van der Waals surface area contributed by atoms with E-state index < -0.39 is 0 Å². The molecule has 1 aromatic rings. The molecule has 1 aromatic carbocycles. The van der Waals surface area contributed by atoms with Gasteiger partial charge in [-0.3, -0.25) is 4.79 Å². The number of hydrogen-bond donors (Lipinski definition) is 1. The summed E-state index contributed by atoms with van der Waals surface area (Å²) in [5, 5.41) is 3.02. The second-order valence-electron chi connectivity index (χ2n) is 6.70. The molecule has 0 aromatic heterocycles. The molecule has 0 unspecified atom stereocenters. The smallest absolute Gasteiger partial charge is 0.317 e. The Morgan fingerprint density at radius 2 is 1.85 bits per heavy atom. The first-order valence-electron chi connectivity index (χ1n) is 9.41. The van der Waals surface area contributed by atoms with Gasteiger partial charge in [-0.05, 0) is 37.7 Å². The first kappa shape index (κ1) is 18.5. The predicted molar refractivity (Wildman–Crippen MR) is 101 cm³/mol.